The number of nitrogens with one attached hydrogen (secondary N) is 1. The molecule has 1 amide bonds. The van der Waals surface area contributed by atoms with Crippen LogP contribution < -0.4 is 5.32 Å². The topological polar surface area (TPSA) is 329 Å². The molecular weight excluding hydrogens is 926 g/mol. The SMILES string of the molecule is CC(=O)NC1C(OC2C(OC(C)=O)C(COC(C)=O)OC(OC3C(COC(C)=O)OC(SC(C)=O)C(OC(C)=O)C3OC(C)=O)C2OC(C)=O)OC(COC(C)=O)C(OC(C)=O)C1OC(C)=O. The molecule has 3 fully saturated rings. The molecule has 27 heteroatoms. The lowest BCUT2D eigenvalue weighted by atomic mass is 9.94. The number of carbonyl (C=O) groups excluding carboxylic acids is 11. The largest absolute Gasteiger partial charge is 0.463 e. The maximum atomic E-state index is 13.1. The molecule has 376 valence electrons. The molecule has 0 bridgehead atoms. The van der Waals surface area contributed by atoms with Crippen molar-refractivity contribution in [1.82, 2.24) is 5.32 Å². The van der Waals surface area contributed by atoms with E-state index in [1.54, 1.807) is 0 Å². The Balaban J connectivity index is 2.37. The molecule has 3 rings (SSSR count). The Labute approximate surface area is 387 Å². The fourth-order valence-electron chi connectivity index (χ4n) is 7.12. The maximum Gasteiger partial charge on any atom is 0.303 e. The van der Waals surface area contributed by atoms with E-state index >= 15 is 0 Å². The fourth-order valence-corrected chi connectivity index (χ4v) is 7.99. The van der Waals surface area contributed by atoms with E-state index in [4.69, 9.17) is 66.3 Å². The molecule has 1 N–H and O–H groups in total. The quantitative estimate of drug-likeness (QED) is 0.127. The van der Waals surface area contributed by atoms with Crippen molar-refractivity contribution in [3.05, 3.63) is 0 Å². The van der Waals surface area contributed by atoms with E-state index in [9.17, 15) is 52.7 Å². The van der Waals surface area contributed by atoms with Gasteiger partial charge < -0.3 is 71.6 Å². The summed E-state index contributed by atoms with van der Waals surface area (Å²) in [6, 6.07) is -1.65. The molecule has 0 aromatic carbocycles. The van der Waals surface area contributed by atoms with Gasteiger partial charge in [-0.25, -0.2) is 0 Å². The molecular formula is C40H55NO25S. The second-order valence-electron chi connectivity index (χ2n) is 15.0. The second-order valence-corrected chi connectivity index (χ2v) is 16.3. The summed E-state index contributed by atoms with van der Waals surface area (Å²) < 4.78 is 80.8. The number of carbonyl (C=O) groups is 11. The lowest BCUT2D eigenvalue weighted by Gasteiger charge is -2.50. The Morgan fingerprint density at radius 1 is 0.388 bits per heavy atom. The molecule has 3 saturated heterocycles. The van der Waals surface area contributed by atoms with Crippen LogP contribution in [0.3, 0.4) is 0 Å². The average molecular weight is 982 g/mol. The first kappa shape index (κ1) is 55.8. The van der Waals surface area contributed by atoms with Crippen molar-refractivity contribution in [3.63, 3.8) is 0 Å². The van der Waals surface area contributed by atoms with Gasteiger partial charge in [0.1, 0.15) is 56.4 Å². The minimum absolute atomic E-state index is 0.530. The smallest absolute Gasteiger partial charge is 0.303 e. The molecule has 3 heterocycles. The molecule has 0 spiro atoms. The summed E-state index contributed by atoms with van der Waals surface area (Å²) in [6.45, 7) is 9.21. The highest BCUT2D eigenvalue weighted by Gasteiger charge is 2.59. The van der Waals surface area contributed by atoms with E-state index in [-0.39, 0.29) is 0 Å². The van der Waals surface area contributed by atoms with E-state index in [1.807, 2.05) is 0 Å². The van der Waals surface area contributed by atoms with Gasteiger partial charge in [-0.15, -0.1) is 0 Å². The highest BCUT2D eigenvalue weighted by atomic mass is 32.2. The van der Waals surface area contributed by atoms with Crippen LogP contribution in [0.25, 0.3) is 0 Å². The molecule has 0 aromatic heterocycles. The van der Waals surface area contributed by atoms with Crippen molar-refractivity contribution in [2.75, 3.05) is 19.8 Å². The summed E-state index contributed by atoms with van der Waals surface area (Å²) in [5, 5.41) is 1.97. The van der Waals surface area contributed by atoms with Gasteiger partial charge >= 0.3 is 53.7 Å². The number of rotatable bonds is 18. The van der Waals surface area contributed by atoms with E-state index in [0.29, 0.717) is 11.8 Å². The Hall–Kier alpha value is -5.48. The standard InChI is InChI=1S/C40H55NO25S/c1-15(42)41-29-33(58-21(7)48)30(56-19(5)46)26(12-53-16(2)43)62-38(29)66-34-31(57-20(6)47)27(13-54-17(3)44)63-39(36(34)60-23(9)50)65-32-28(14-55-18(4)45)64-40(67-25(11)52)37(61-24(10)51)35(32)59-22(8)49/h26-40H,12-14H2,1-11H3,(H,41,42). The number of hydrogen-bond acceptors (Lipinski definition) is 26. The zero-order valence-corrected chi connectivity index (χ0v) is 39.2. The van der Waals surface area contributed by atoms with Crippen molar-refractivity contribution in [3.8, 4) is 0 Å². The summed E-state index contributed by atoms with van der Waals surface area (Å²) in [4.78, 5) is 138. The third kappa shape index (κ3) is 17.3. The number of amides is 1. The van der Waals surface area contributed by atoms with Crippen molar-refractivity contribution >= 4 is 76.5 Å². The van der Waals surface area contributed by atoms with Gasteiger partial charge in [0.05, 0.1) is 0 Å². The Morgan fingerprint density at radius 3 is 1.16 bits per heavy atom. The molecule has 3 aliphatic heterocycles. The summed E-state index contributed by atoms with van der Waals surface area (Å²) >= 11 is 0.530. The predicted octanol–water partition coefficient (Wildman–Crippen LogP) is -1.00. The monoisotopic (exact) mass is 981 g/mol. The third-order valence-electron chi connectivity index (χ3n) is 9.23. The zero-order valence-electron chi connectivity index (χ0n) is 38.4. The van der Waals surface area contributed by atoms with Gasteiger partial charge in [0.2, 0.25) is 5.91 Å². The lowest BCUT2D eigenvalue weighted by Crippen LogP contribution is -2.70. The van der Waals surface area contributed by atoms with Crippen LogP contribution in [0.1, 0.15) is 76.2 Å². The van der Waals surface area contributed by atoms with Crippen LogP contribution in [0, 0.1) is 0 Å². The summed E-state index contributed by atoms with van der Waals surface area (Å²) in [7, 11) is 0. The molecule has 26 nitrogen and oxygen atoms in total. The fraction of sp³-hybridized carbons (Fsp3) is 0.725. The average Bonchev–Trinajstić information content (AvgIpc) is 3.17. The van der Waals surface area contributed by atoms with Gasteiger partial charge in [0.15, 0.2) is 59.8 Å². The van der Waals surface area contributed by atoms with E-state index in [1.165, 1.54) is 6.92 Å². The highest BCUT2D eigenvalue weighted by Crippen LogP contribution is 2.39. The van der Waals surface area contributed by atoms with E-state index in [0.717, 1.165) is 69.2 Å². The minimum atomic E-state index is -2.04. The van der Waals surface area contributed by atoms with Crippen LogP contribution in [0.2, 0.25) is 0 Å². The Bertz CT molecular complexity index is 1860. The number of ether oxygens (including phenoxy) is 14. The van der Waals surface area contributed by atoms with Crippen molar-refractivity contribution in [2.24, 2.45) is 0 Å². The second kappa shape index (κ2) is 25.6. The van der Waals surface area contributed by atoms with Crippen LogP contribution >= 0.6 is 11.8 Å². The minimum Gasteiger partial charge on any atom is -0.463 e. The number of hydrogen-bond donors (Lipinski definition) is 1. The normalized spacial score (nSPS) is 31.3. The Morgan fingerprint density at radius 2 is 0.746 bits per heavy atom. The third-order valence-corrected chi connectivity index (χ3v) is 10.2. The van der Waals surface area contributed by atoms with E-state index in [2.05, 4.69) is 5.32 Å². The summed E-state index contributed by atoms with van der Waals surface area (Å²) in [5.41, 5.74) is -1.42. The highest BCUT2D eigenvalue weighted by molar-refractivity contribution is 8.14. The van der Waals surface area contributed by atoms with Gasteiger partial charge in [0, 0.05) is 76.2 Å². The first-order valence-corrected chi connectivity index (χ1v) is 21.3. The first-order valence-electron chi connectivity index (χ1n) is 20.4. The lowest BCUT2D eigenvalue weighted by molar-refractivity contribution is -0.365. The van der Waals surface area contributed by atoms with Crippen molar-refractivity contribution < 1.29 is 119 Å². The molecule has 0 radical (unpaired) electrons. The van der Waals surface area contributed by atoms with Crippen LogP contribution in [0.4, 0.5) is 0 Å². The molecule has 0 saturated carbocycles. The zero-order chi connectivity index (χ0) is 50.4. The Kier molecular flexibility index (Phi) is 21.3. The van der Waals surface area contributed by atoms with Crippen LogP contribution in [-0.4, -0.2) is 176 Å². The molecule has 0 aliphatic carbocycles. The molecule has 0 aromatic rings. The van der Waals surface area contributed by atoms with E-state index < -0.39 is 176 Å². The van der Waals surface area contributed by atoms with Crippen molar-refractivity contribution in [2.45, 2.75) is 167 Å². The maximum absolute atomic E-state index is 13.1. The summed E-state index contributed by atoms with van der Waals surface area (Å²) in [6.07, 6.45) is -22.8. The number of esters is 9. The molecule has 3 aliphatic rings. The first-order chi connectivity index (χ1) is 31.3. The summed E-state index contributed by atoms with van der Waals surface area (Å²) in [5.74, 6) is -9.17. The molecule has 15 unspecified atom stereocenters. The molecule has 15 atom stereocenters. The van der Waals surface area contributed by atoms with Crippen LogP contribution in [0.15, 0.2) is 0 Å². The molecule has 67 heavy (non-hydrogen) atoms. The van der Waals surface area contributed by atoms with Gasteiger partial charge in [-0.05, 0) is 0 Å². The van der Waals surface area contributed by atoms with Crippen LogP contribution in [-0.2, 0) is 119 Å². The van der Waals surface area contributed by atoms with Gasteiger partial charge in [-0.3, -0.25) is 52.7 Å². The predicted molar refractivity (Wildman–Crippen MR) is 215 cm³/mol. The van der Waals surface area contributed by atoms with Crippen molar-refractivity contribution in [1.29, 1.82) is 0 Å². The van der Waals surface area contributed by atoms with Crippen LogP contribution in [0.5, 0.6) is 0 Å². The number of thioether (sulfide) groups is 1. The van der Waals surface area contributed by atoms with Gasteiger partial charge in [-0.1, -0.05) is 11.8 Å². The van der Waals surface area contributed by atoms with Gasteiger partial charge in [0.25, 0.3) is 0 Å². The van der Waals surface area contributed by atoms with Gasteiger partial charge in [-0.2, -0.15) is 0 Å².